The van der Waals surface area contributed by atoms with Crippen LogP contribution in [0.5, 0.6) is 0 Å². The molecule has 0 aliphatic rings. The van der Waals surface area contributed by atoms with Crippen molar-refractivity contribution in [2.45, 2.75) is 6.61 Å². The molecule has 2 aromatic heterocycles. The molecule has 1 N–H and O–H groups in total. The predicted molar refractivity (Wildman–Crippen MR) is 64.1 cm³/mol. The Hall–Kier alpha value is -2.26. The van der Waals surface area contributed by atoms with Crippen molar-refractivity contribution in [2.75, 3.05) is 7.11 Å². The monoisotopic (exact) mass is 284 g/mol. The van der Waals surface area contributed by atoms with E-state index in [0.29, 0.717) is 4.88 Å². The standard InChI is InChI=1S/C10H8N2O6S/c1-17-4-5-8(10(13)14)18-9(11-5)6-2-3-7(19-6)12(15)16/h2-3H,4H2,1H3,(H,13,14). The van der Waals surface area contributed by atoms with Crippen LogP contribution in [0.15, 0.2) is 16.5 Å². The molecule has 0 saturated carbocycles. The third-order valence-electron chi connectivity index (χ3n) is 2.16. The maximum atomic E-state index is 11.0. The fourth-order valence-corrected chi connectivity index (χ4v) is 2.15. The number of carboxylic acids is 1. The van der Waals surface area contributed by atoms with Crippen LogP contribution in [0, 0.1) is 10.1 Å². The van der Waals surface area contributed by atoms with Gasteiger partial charge in [-0.3, -0.25) is 10.1 Å². The number of oxazole rings is 1. The minimum absolute atomic E-state index is 0.0153. The van der Waals surface area contributed by atoms with E-state index in [9.17, 15) is 14.9 Å². The van der Waals surface area contributed by atoms with E-state index in [2.05, 4.69) is 4.98 Å². The highest BCUT2D eigenvalue weighted by molar-refractivity contribution is 7.18. The Balaban J connectivity index is 2.41. The summed E-state index contributed by atoms with van der Waals surface area (Å²) in [6.07, 6.45) is 0. The molecular formula is C10H8N2O6S. The number of rotatable bonds is 5. The first kappa shape index (κ1) is 13.2. The number of methoxy groups -OCH3 is 1. The molecule has 19 heavy (non-hydrogen) atoms. The van der Waals surface area contributed by atoms with Crippen molar-refractivity contribution < 1.29 is 24.0 Å². The first-order valence-electron chi connectivity index (χ1n) is 4.99. The predicted octanol–water partition coefficient (Wildman–Crippen LogP) is 2.16. The highest BCUT2D eigenvalue weighted by atomic mass is 32.1. The van der Waals surface area contributed by atoms with Gasteiger partial charge in [-0.2, -0.15) is 0 Å². The number of nitro groups is 1. The van der Waals surface area contributed by atoms with Gasteiger partial charge in [0.2, 0.25) is 11.7 Å². The number of carboxylic acid groups (broad SMARTS) is 1. The van der Waals surface area contributed by atoms with E-state index in [-0.39, 0.29) is 29.0 Å². The molecule has 0 saturated heterocycles. The van der Waals surface area contributed by atoms with Crippen molar-refractivity contribution in [1.82, 2.24) is 4.98 Å². The van der Waals surface area contributed by atoms with Gasteiger partial charge < -0.3 is 14.3 Å². The summed E-state index contributed by atoms with van der Waals surface area (Å²) in [5, 5.41) is 19.5. The molecule has 0 unspecified atom stereocenters. The first-order chi connectivity index (χ1) is 9.02. The molecule has 2 rings (SSSR count). The number of hydrogen-bond donors (Lipinski definition) is 1. The van der Waals surface area contributed by atoms with Crippen LogP contribution in [-0.4, -0.2) is 28.1 Å². The second-order valence-corrected chi connectivity index (χ2v) is 4.49. The lowest BCUT2D eigenvalue weighted by Gasteiger charge is -1.92. The van der Waals surface area contributed by atoms with Crippen LogP contribution in [-0.2, 0) is 11.3 Å². The second-order valence-electron chi connectivity index (χ2n) is 3.43. The van der Waals surface area contributed by atoms with E-state index in [1.165, 1.54) is 19.2 Å². The molecule has 8 nitrogen and oxygen atoms in total. The summed E-state index contributed by atoms with van der Waals surface area (Å²) in [4.78, 5) is 25.4. The molecule has 0 atom stereocenters. The molecule has 2 heterocycles. The van der Waals surface area contributed by atoms with Crippen molar-refractivity contribution in [1.29, 1.82) is 0 Å². The average molecular weight is 284 g/mol. The zero-order valence-corrected chi connectivity index (χ0v) is 10.5. The van der Waals surface area contributed by atoms with Gasteiger partial charge in [-0.05, 0) is 6.07 Å². The first-order valence-corrected chi connectivity index (χ1v) is 5.81. The number of nitrogens with zero attached hydrogens (tertiary/aromatic N) is 2. The Morgan fingerprint density at radius 3 is 2.89 bits per heavy atom. The van der Waals surface area contributed by atoms with Crippen molar-refractivity contribution in [3.05, 3.63) is 33.7 Å². The lowest BCUT2D eigenvalue weighted by Crippen LogP contribution is -2.00. The zero-order valence-electron chi connectivity index (χ0n) is 9.65. The van der Waals surface area contributed by atoms with Gasteiger partial charge in [0.15, 0.2) is 0 Å². The Morgan fingerprint density at radius 1 is 1.63 bits per heavy atom. The van der Waals surface area contributed by atoms with Gasteiger partial charge in [0.25, 0.3) is 0 Å². The third kappa shape index (κ3) is 2.61. The Labute approximate surface area is 110 Å². The summed E-state index contributed by atoms with van der Waals surface area (Å²) in [5.74, 6) is -1.56. The van der Waals surface area contributed by atoms with Gasteiger partial charge in [0, 0.05) is 13.2 Å². The van der Waals surface area contributed by atoms with E-state index < -0.39 is 10.9 Å². The fourth-order valence-electron chi connectivity index (χ4n) is 1.40. The number of ether oxygens (including phenoxy) is 1. The number of hydrogen-bond acceptors (Lipinski definition) is 7. The van der Waals surface area contributed by atoms with Crippen LogP contribution in [0.4, 0.5) is 5.00 Å². The molecule has 0 aliphatic carbocycles. The molecule has 0 fully saturated rings. The number of aromatic nitrogens is 1. The van der Waals surface area contributed by atoms with Crippen LogP contribution >= 0.6 is 11.3 Å². The summed E-state index contributed by atoms with van der Waals surface area (Å²) >= 11 is 0.857. The SMILES string of the molecule is COCc1nc(-c2ccc([N+](=O)[O-])s2)oc1C(=O)O. The molecule has 9 heteroatoms. The van der Waals surface area contributed by atoms with Gasteiger partial charge in [-0.25, -0.2) is 9.78 Å². The maximum absolute atomic E-state index is 11.0. The summed E-state index contributed by atoms with van der Waals surface area (Å²) in [7, 11) is 1.40. The number of carbonyl (C=O) groups is 1. The van der Waals surface area contributed by atoms with Crippen LogP contribution < -0.4 is 0 Å². The Kier molecular flexibility index (Phi) is 3.58. The van der Waals surface area contributed by atoms with Crippen molar-refractivity contribution >= 4 is 22.3 Å². The van der Waals surface area contributed by atoms with Crippen molar-refractivity contribution in [3.63, 3.8) is 0 Å². The summed E-state index contributed by atoms with van der Waals surface area (Å²) in [6.45, 7) is -0.0153. The van der Waals surface area contributed by atoms with Gasteiger partial charge in [0.05, 0.1) is 16.4 Å². The lowest BCUT2D eigenvalue weighted by molar-refractivity contribution is -0.380. The molecule has 0 bridgehead atoms. The minimum atomic E-state index is -1.27. The summed E-state index contributed by atoms with van der Waals surface area (Å²) < 4.78 is 9.93. The fraction of sp³-hybridized carbons (Fsp3) is 0.200. The quantitative estimate of drug-likeness (QED) is 0.660. The molecule has 0 aliphatic heterocycles. The van der Waals surface area contributed by atoms with Crippen LogP contribution in [0.25, 0.3) is 10.8 Å². The zero-order chi connectivity index (χ0) is 14.0. The average Bonchev–Trinajstić information content (AvgIpc) is 2.94. The Bertz CT molecular complexity index is 632. The van der Waals surface area contributed by atoms with E-state index in [0.717, 1.165) is 11.3 Å². The van der Waals surface area contributed by atoms with Crippen molar-refractivity contribution in [2.24, 2.45) is 0 Å². The summed E-state index contributed by atoms with van der Waals surface area (Å²) in [5.41, 5.74) is 0.140. The van der Waals surface area contributed by atoms with Crippen LogP contribution in [0.3, 0.4) is 0 Å². The number of aromatic carboxylic acids is 1. The van der Waals surface area contributed by atoms with Crippen molar-refractivity contribution in [3.8, 4) is 10.8 Å². The molecular weight excluding hydrogens is 276 g/mol. The van der Waals surface area contributed by atoms with E-state index in [1.807, 2.05) is 0 Å². The molecule has 0 amide bonds. The van der Waals surface area contributed by atoms with Gasteiger partial charge in [-0.1, -0.05) is 11.3 Å². The third-order valence-corrected chi connectivity index (χ3v) is 3.18. The summed E-state index contributed by atoms with van der Waals surface area (Å²) in [6, 6.07) is 2.76. The minimum Gasteiger partial charge on any atom is -0.475 e. The van der Waals surface area contributed by atoms with Gasteiger partial charge in [-0.15, -0.1) is 0 Å². The van der Waals surface area contributed by atoms with E-state index in [4.69, 9.17) is 14.3 Å². The molecule has 2 aromatic rings. The largest absolute Gasteiger partial charge is 0.475 e. The van der Waals surface area contributed by atoms with Crippen LogP contribution in [0.2, 0.25) is 0 Å². The van der Waals surface area contributed by atoms with Gasteiger partial charge >= 0.3 is 11.0 Å². The smallest absolute Gasteiger partial charge is 0.373 e. The number of thiophene rings is 1. The van der Waals surface area contributed by atoms with E-state index in [1.54, 1.807) is 0 Å². The molecule has 100 valence electrons. The molecule has 0 spiro atoms. The highest BCUT2D eigenvalue weighted by Crippen LogP contribution is 2.33. The topological polar surface area (TPSA) is 116 Å². The second kappa shape index (κ2) is 5.16. The van der Waals surface area contributed by atoms with Gasteiger partial charge in [0.1, 0.15) is 5.69 Å². The Morgan fingerprint density at radius 2 is 2.37 bits per heavy atom. The van der Waals surface area contributed by atoms with E-state index >= 15 is 0 Å². The maximum Gasteiger partial charge on any atom is 0.373 e. The normalized spacial score (nSPS) is 10.6. The highest BCUT2D eigenvalue weighted by Gasteiger charge is 2.22. The molecule has 0 radical (unpaired) electrons. The molecule has 0 aromatic carbocycles. The lowest BCUT2D eigenvalue weighted by atomic mass is 10.3. The van der Waals surface area contributed by atoms with Crippen LogP contribution in [0.1, 0.15) is 16.2 Å².